The predicted molar refractivity (Wildman–Crippen MR) is 120 cm³/mol. The van der Waals surface area contributed by atoms with Crippen LogP contribution in [0.2, 0.25) is 0 Å². The third kappa shape index (κ3) is 5.62. The number of pyridine rings is 1. The molecule has 2 aliphatic rings. The largest absolute Gasteiger partial charge is 0.491 e. The Balaban J connectivity index is 1.25. The Morgan fingerprint density at radius 2 is 1.97 bits per heavy atom. The van der Waals surface area contributed by atoms with Crippen molar-refractivity contribution in [3.63, 3.8) is 0 Å². The third-order valence-corrected chi connectivity index (χ3v) is 5.28. The van der Waals surface area contributed by atoms with Crippen LogP contribution < -0.4 is 4.74 Å². The molecule has 1 aliphatic heterocycles. The molecule has 5 heteroatoms. The van der Waals surface area contributed by atoms with E-state index >= 15 is 0 Å². The first-order valence-electron chi connectivity index (χ1n) is 10.2. The van der Waals surface area contributed by atoms with Gasteiger partial charge in [0.15, 0.2) is 0 Å². The molecule has 0 amide bonds. The van der Waals surface area contributed by atoms with Crippen molar-refractivity contribution in [3.8, 4) is 5.75 Å². The van der Waals surface area contributed by atoms with E-state index in [4.69, 9.17) is 21.1 Å². The fourth-order valence-electron chi connectivity index (χ4n) is 3.52. The van der Waals surface area contributed by atoms with Crippen LogP contribution in [0.15, 0.2) is 96.5 Å². The first-order valence-corrected chi connectivity index (χ1v) is 10.5. The van der Waals surface area contributed by atoms with Crippen LogP contribution in [-0.4, -0.2) is 29.3 Å². The van der Waals surface area contributed by atoms with Crippen LogP contribution in [0.1, 0.15) is 23.5 Å². The van der Waals surface area contributed by atoms with Crippen LogP contribution in [0, 0.1) is 0 Å². The number of allylic oxidation sites excluding steroid dienone is 6. The van der Waals surface area contributed by atoms with Crippen molar-refractivity contribution in [3.05, 3.63) is 108 Å². The monoisotopic (exact) mass is 420 g/mol. The van der Waals surface area contributed by atoms with Gasteiger partial charge in [0.1, 0.15) is 18.6 Å². The van der Waals surface area contributed by atoms with Crippen molar-refractivity contribution >= 4 is 11.6 Å². The van der Waals surface area contributed by atoms with Crippen LogP contribution in [-0.2, 0) is 11.3 Å². The average Bonchev–Trinajstić information content (AvgIpc) is 2.80. The summed E-state index contributed by atoms with van der Waals surface area (Å²) in [7, 11) is 0. The van der Waals surface area contributed by atoms with E-state index in [0.717, 1.165) is 17.7 Å². The number of nitrogens with zero attached hydrogens (tertiary/aromatic N) is 2. The van der Waals surface area contributed by atoms with Gasteiger partial charge < -0.3 is 14.4 Å². The van der Waals surface area contributed by atoms with Crippen molar-refractivity contribution in [1.29, 1.82) is 0 Å². The quantitative estimate of drug-likeness (QED) is 0.524. The fraction of sp³-hybridized carbons (Fsp3) is 0.240. The zero-order valence-electron chi connectivity index (χ0n) is 16.7. The van der Waals surface area contributed by atoms with Gasteiger partial charge in [-0.25, -0.2) is 0 Å². The number of ether oxygens (including phenoxy) is 2. The highest BCUT2D eigenvalue weighted by Crippen LogP contribution is 2.26. The highest BCUT2D eigenvalue weighted by molar-refractivity contribution is 6.31. The van der Waals surface area contributed by atoms with E-state index in [2.05, 4.69) is 46.3 Å². The minimum Gasteiger partial charge on any atom is -0.491 e. The van der Waals surface area contributed by atoms with Crippen LogP contribution >= 0.6 is 11.6 Å². The van der Waals surface area contributed by atoms with Crippen molar-refractivity contribution in [2.24, 2.45) is 0 Å². The van der Waals surface area contributed by atoms with Gasteiger partial charge in [0.05, 0.1) is 11.6 Å². The Hall–Kier alpha value is -2.82. The van der Waals surface area contributed by atoms with Crippen LogP contribution in [0.5, 0.6) is 5.75 Å². The SMILES string of the molecule is ClC1=CN(Cc2cccnc2)C(OCCOc2ccc(C3C=CC=CC3)cc2)C=C1. The van der Waals surface area contributed by atoms with E-state index in [1.807, 2.05) is 48.8 Å². The summed E-state index contributed by atoms with van der Waals surface area (Å²) in [6.45, 7) is 1.63. The molecule has 1 aromatic heterocycles. The maximum Gasteiger partial charge on any atom is 0.149 e. The molecule has 1 aromatic carbocycles. The van der Waals surface area contributed by atoms with Crippen LogP contribution in [0.3, 0.4) is 0 Å². The summed E-state index contributed by atoms with van der Waals surface area (Å²) in [5.41, 5.74) is 2.41. The Morgan fingerprint density at radius 3 is 2.73 bits per heavy atom. The normalized spacial score (nSPS) is 20.3. The van der Waals surface area contributed by atoms with Gasteiger partial charge in [-0.05, 0) is 47.9 Å². The van der Waals surface area contributed by atoms with E-state index in [1.54, 1.807) is 6.20 Å². The van der Waals surface area contributed by atoms with E-state index < -0.39 is 0 Å². The number of hydrogen-bond acceptors (Lipinski definition) is 4. The zero-order valence-corrected chi connectivity index (χ0v) is 17.5. The maximum atomic E-state index is 6.18. The predicted octanol–water partition coefficient (Wildman–Crippen LogP) is 5.56. The number of rotatable bonds is 8. The lowest BCUT2D eigenvalue weighted by Crippen LogP contribution is -2.34. The molecule has 0 saturated carbocycles. The van der Waals surface area contributed by atoms with Crippen molar-refractivity contribution < 1.29 is 9.47 Å². The molecule has 30 heavy (non-hydrogen) atoms. The van der Waals surface area contributed by atoms with Crippen molar-refractivity contribution in [2.75, 3.05) is 13.2 Å². The topological polar surface area (TPSA) is 34.6 Å². The standard InChI is InChI=1S/C25H25ClN2O2/c26-23-10-13-25(28(19-23)18-20-5-4-14-27-17-20)30-16-15-29-24-11-8-22(9-12-24)21-6-2-1-3-7-21/h1-6,8-14,17,19,21,25H,7,15-16,18H2. The molecule has 2 aromatic rings. The summed E-state index contributed by atoms with van der Waals surface area (Å²) in [6, 6.07) is 12.3. The van der Waals surface area contributed by atoms with Gasteiger partial charge in [-0.15, -0.1) is 0 Å². The molecule has 154 valence electrons. The lowest BCUT2D eigenvalue weighted by molar-refractivity contribution is -0.0203. The summed E-state index contributed by atoms with van der Waals surface area (Å²) in [6.07, 6.45) is 18.8. The Morgan fingerprint density at radius 1 is 1.07 bits per heavy atom. The van der Waals surface area contributed by atoms with Gasteiger partial charge >= 0.3 is 0 Å². The van der Waals surface area contributed by atoms with E-state index in [1.165, 1.54) is 5.56 Å². The molecule has 0 bridgehead atoms. The van der Waals surface area contributed by atoms with Crippen LogP contribution in [0.25, 0.3) is 0 Å². The molecular formula is C25H25ClN2O2. The van der Waals surface area contributed by atoms with Gasteiger partial charge in [0, 0.05) is 31.1 Å². The summed E-state index contributed by atoms with van der Waals surface area (Å²) in [5.74, 6) is 1.31. The number of halogens is 1. The second-order valence-corrected chi connectivity index (χ2v) is 7.68. The first-order chi connectivity index (χ1) is 14.8. The summed E-state index contributed by atoms with van der Waals surface area (Å²) in [4.78, 5) is 6.23. The third-order valence-electron chi connectivity index (χ3n) is 5.05. The molecule has 4 rings (SSSR count). The average molecular weight is 421 g/mol. The molecule has 2 unspecified atom stereocenters. The molecule has 4 nitrogen and oxygen atoms in total. The first kappa shape index (κ1) is 20.5. The molecule has 0 N–H and O–H groups in total. The van der Waals surface area contributed by atoms with E-state index in [0.29, 0.717) is 30.7 Å². The van der Waals surface area contributed by atoms with Gasteiger partial charge in [-0.1, -0.05) is 54.1 Å². The molecule has 2 atom stereocenters. The number of aromatic nitrogens is 1. The van der Waals surface area contributed by atoms with Gasteiger partial charge in [-0.3, -0.25) is 4.98 Å². The van der Waals surface area contributed by atoms with Gasteiger partial charge in [0.2, 0.25) is 0 Å². The maximum absolute atomic E-state index is 6.18. The van der Waals surface area contributed by atoms with Gasteiger partial charge in [-0.2, -0.15) is 0 Å². The number of hydrogen-bond donors (Lipinski definition) is 0. The molecule has 1 aliphatic carbocycles. The minimum absolute atomic E-state index is 0.190. The lowest BCUT2D eigenvalue weighted by Gasteiger charge is -2.31. The molecule has 2 heterocycles. The second kappa shape index (κ2) is 10.3. The smallest absolute Gasteiger partial charge is 0.149 e. The van der Waals surface area contributed by atoms with Gasteiger partial charge in [0.25, 0.3) is 0 Å². The molecule has 0 spiro atoms. The zero-order chi connectivity index (χ0) is 20.6. The van der Waals surface area contributed by atoms with Crippen molar-refractivity contribution in [1.82, 2.24) is 9.88 Å². The highest BCUT2D eigenvalue weighted by Gasteiger charge is 2.18. The summed E-state index contributed by atoms with van der Waals surface area (Å²) >= 11 is 6.18. The second-order valence-electron chi connectivity index (χ2n) is 7.24. The Kier molecular flexibility index (Phi) is 7.01. The van der Waals surface area contributed by atoms with E-state index in [9.17, 15) is 0 Å². The summed E-state index contributed by atoms with van der Waals surface area (Å²) in [5, 5.41) is 0.679. The minimum atomic E-state index is -0.190. The Labute approximate surface area is 182 Å². The molecule has 0 saturated heterocycles. The molecular weight excluding hydrogens is 396 g/mol. The number of benzene rings is 1. The summed E-state index contributed by atoms with van der Waals surface area (Å²) < 4.78 is 11.9. The highest BCUT2D eigenvalue weighted by atomic mass is 35.5. The lowest BCUT2D eigenvalue weighted by atomic mass is 9.93. The fourth-order valence-corrected chi connectivity index (χ4v) is 3.71. The van der Waals surface area contributed by atoms with E-state index in [-0.39, 0.29) is 6.23 Å². The van der Waals surface area contributed by atoms with Crippen LogP contribution in [0.4, 0.5) is 0 Å². The van der Waals surface area contributed by atoms with Crippen molar-refractivity contribution in [2.45, 2.75) is 25.1 Å². The Bertz CT molecular complexity index is 935. The molecule has 0 radical (unpaired) electrons. The molecule has 0 fully saturated rings.